The molecule has 4 aromatic heterocycles. The molecule has 0 atom stereocenters. The number of hydrogen-bond acceptors (Lipinski definition) is 9. The number of aromatic carboxylic acids is 1. The highest BCUT2D eigenvalue weighted by molar-refractivity contribution is 6.04. The van der Waals surface area contributed by atoms with Gasteiger partial charge in [0, 0.05) is 65.9 Å². The second kappa shape index (κ2) is 14.2. The van der Waals surface area contributed by atoms with Gasteiger partial charge in [-0.1, -0.05) is 0 Å². The van der Waals surface area contributed by atoms with Crippen LogP contribution < -0.4 is 26.6 Å². The monoisotopic (exact) mass is 679 g/mol. The summed E-state index contributed by atoms with van der Waals surface area (Å²) in [5.74, 6) is -3.13. The van der Waals surface area contributed by atoms with Crippen molar-refractivity contribution in [3.05, 3.63) is 60.0 Å². The van der Waals surface area contributed by atoms with Crippen molar-refractivity contribution in [3.8, 4) is 0 Å². The Labute approximate surface area is 279 Å². The van der Waals surface area contributed by atoms with Crippen molar-refractivity contribution in [1.82, 2.24) is 33.6 Å². The highest BCUT2D eigenvalue weighted by atomic mass is 16.6. The first-order valence-electron chi connectivity index (χ1n) is 14.7. The third kappa shape index (κ3) is 9.11. The summed E-state index contributed by atoms with van der Waals surface area (Å²) in [5, 5.41) is 22.1. The van der Waals surface area contributed by atoms with Crippen LogP contribution in [0.15, 0.2) is 36.9 Å². The minimum atomic E-state index is -1.15. The summed E-state index contributed by atoms with van der Waals surface area (Å²) in [4.78, 5) is 82.5. The van der Waals surface area contributed by atoms with Crippen LogP contribution in [0.4, 0.5) is 27.8 Å². The number of carbonyl (C=O) groups excluding carboxylic acids is 5. The molecule has 0 spiro atoms. The third-order valence-electron chi connectivity index (χ3n) is 6.67. The Morgan fingerprint density at radius 3 is 1.67 bits per heavy atom. The van der Waals surface area contributed by atoms with Crippen LogP contribution in [0.3, 0.4) is 0 Å². The molecule has 0 saturated heterocycles. The largest absolute Gasteiger partial charge is 0.477 e. The molecule has 0 fully saturated rings. The van der Waals surface area contributed by atoms with Crippen molar-refractivity contribution in [1.29, 1.82) is 0 Å². The van der Waals surface area contributed by atoms with Crippen LogP contribution in [0.2, 0.25) is 0 Å². The third-order valence-corrected chi connectivity index (χ3v) is 6.67. The number of carboxylic acids is 1. The number of imidazole rings is 2. The van der Waals surface area contributed by atoms with E-state index in [-0.39, 0.29) is 53.3 Å². The normalized spacial score (nSPS) is 11.1. The van der Waals surface area contributed by atoms with Crippen LogP contribution in [0, 0.1) is 0 Å². The van der Waals surface area contributed by atoms with Crippen LogP contribution in [0.1, 0.15) is 69.4 Å². The first-order valence-corrected chi connectivity index (χ1v) is 14.7. The fraction of sp³-hybridized carbons (Fsp3) is 0.333. The molecule has 0 aliphatic rings. The second-order valence-electron chi connectivity index (χ2n) is 12.0. The van der Waals surface area contributed by atoms with Gasteiger partial charge in [0.1, 0.15) is 17.0 Å². The van der Waals surface area contributed by atoms with Crippen molar-refractivity contribution >= 4 is 58.7 Å². The minimum absolute atomic E-state index is 0.00175. The van der Waals surface area contributed by atoms with Gasteiger partial charge in [0.05, 0.1) is 11.4 Å². The predicted octanol–water partition coefficient (Wildman–Crippen LogP) is 2.14. The number of nitrogens with one attached hydrogen (secondary N) is 5. The van der Waals surface area contributed by atoms with Gasteiger partial charge in [0.2, 0.25) is 17.6 Å². The van der Waals surface area contributed by atoms with Crippen molar-refractivity contribution in [2.45, 2.75) is 32.8 Å². The Morgan fingerprint density at radius 2 is 1.18 bits per heavy atom. The molecule has 4 rings (SSSR count). The molecule has 0 radical (unpaired) electrons. The lowest BCUT2D eigenvalue weighted by atomic mass is 10.2. The summed E-state index contributed by atoms with van der Waals surface area (Å²) in [6, 6.07) is 2.76. The predicted molar refractivity (Wildman–Crippen MR) is 176 cm³/mol. The quantitative estimate of drug-likeness (QED) is 0.135. The van der Waals surface area contributed by atoms with E-state index in [1.165, 1.54) is 62.2 Å². The lowest BCUT2D eigenvalue weighted by Gasteiger charge is -2.18. The van der Waals surface area contributed by atoms with Crippen molar-refractivity contribution in [2.75, 3.05) is 27.8 Å². The molecule has 6 N–H and O–H groups in total. The van der Waals surface area contributed by atoms with E-state index in [0.29, 0.717) is 5.69 Å². The maximum atomic E-state index is 12.9. The molecule has 0 unspecified atom stereocenters. The van der Waals surface area contributed by atoms with Gasteiger partial charge in [-0.2, -0.15) is 0 Å². The van der Waals surface area contributed by atoms with E-state index in [9.17, 15) is 33.9 Å². The van der Waals surface area contributed by atoms with Gasteiger partial charge in [0.15, 0.2) is 11.6 Å². The first-order chi connectivity index (χ1) is 22.9. The fourth-order valence-corrected chi connectivity index (χ4v) is 4.55. The molecule has 19 heteroatoms. The summed E-state index contributed by atoms with van der Waals surface area (Å²) < 4.78 is 10.9. The highest BCUT2D eigenvalue weighted by Gasteiger charge is 2.22. The Hall–Kier alpha value is -6.40. The van der Waals surface area contributed by atoms with Gasteiger partial charge >= 0.3 is 12.1 Å². The fourth-order valence-electron chi connectivity index (χ4n) is 4.55. The minimum Gasteiger partial charge on any atom is -0.477 e. The number of anilines is 4. The van der Waals surface area contributed by atoms with E-state index < -0.39 is 41.3 Å². The number of aromatic nitrogens is 6. The summed E-state index contributed by atoms with van der Waals surface area (Å²) >= 11 is 0. The van der Waals surface area contributed by atoms with E-state index >= 15 is 0 Å². The van der Waals surface area contributed by atoms with Crippen molar-refractivity contribution in [2.24, 2.45) is 28.2 Å². The summed E-state index contributed by atoms with van der Waals surface area (Å²) in [7, 11) is 6.28. The van der Waals surface area contributed by atoms with Gasteiger partial charge in [0.25, 0.3) is 17.7 Å². The van der Waals surface area contributed by atoms with Gasteiger partial charge in [-0.3, -0.25) is 24.5 Å². The molecular weight excluding hydrogens is 642 g/mol. The van der Waals surface area contributed by atoms with E-state index in [1.54, 1.807) is 41.9 Å². The SMILES string of the molecule is Cn1cc(NC(=O)c2nc(NC(=O)CCNC(=O)c3cc(NC(=O)c4nc(NC(=O)OC(C)(C)C)cn4C)cn3C)cn2C)cc1C(=O)O. The average molecular weight is 680 g/mol. The smallest absolute Gasteiger partial charge is 0.413 e. The Kier molecular flexibility index (Phi) is 10.2. The van der Waals surface area contributed by atoms with Crippen LogP contribution in [0.25, 0.3) is 0 Å². The van der Waals surface area contributed by atoms with Crippen LogP contribution in [-0.2, 0) is 37.7 Å². The summed E-state index contributed by atoms with van der Waals surface area (Å²) in [5.41, 5.74) is 0.0535. The van der Waals surface area contributed by atoms with E-state index in [4.69, 9.17) is 4.74 Å². The molecular formula is C30H37N11O8. The highest BCUT2D eigenvalue weighted by Crippen LogP contribution is 2.17. The van der Waals surface area contributed by atoms with E-state index in [0.717, 1.165) is 0 Å². The molecule has 0 aromatic carbocycles. The van der Waals surface area contributed by atoms with Gasteiger partial charge < -0.3 is 49.4 Å². The number of rotatable bonds is 11. The Morgan fingerprint density at radius 1 is 0.694 bits per heavy atom. The lowest BCUT2D eigenvalue weighted by Crippen LogP contribution is -2.29. The molecule has 19 nitrogen and oxygen atoms in total. The molecule has 0 saturated carbocycles. The second-order valence-corrected chi connectivity index (χ2v) is 12.0. The zero-order valence-electron chi connectivity index (χ0n) is 27.9. The van der Waals surface area contributed by atoms with E-state index in [2.05, 4.69) is 36.6 Å². The van der Waals surface area contributed by atoms with Gasteiger partial charge in [-0.25, -0.2) is 19.6 Å². The molecule has 0 aliphatic heterocycles. The number of amides is 5. The number of ether oxygens (including phenoxy) is 1. The summed E-state index contributed by atoms with van der Waals surface area (Å²) in [6.07, 6.45) is 5.03. The number of hydrogen-bond donors (Lipinski definition) is 6. The van der Waals surface area contributed by atoms with Crippen molar-refractivity contribution < 1.29 is 38.6 Å². The lowest BCUT2D eigenvalue weighted by molar-refractivity contribution is -0.116. The standard InChI is InChI=1S/C30H37N11O8/c1-30(2,3)49-29(48)37-21-15-41(7)24(36-21)27(45)32-16-10-18(38(4)12-16)25(43)31-9-8-22(42)34-20-14-40(6)23(35-20)26(44)33-17-11-19(28(46)47)39(5)13-17/h10-15H,8-9H2,1-7H3,(H,31,43)(H,32,45)(H,33,44)(H,34,42)(H,37,48)(H,46,47). The number of nitrogens with zero attached hydrogens (tertiary/aromatic N) is 6. The maximum Gasteiger partial charge on any atom is 0.413 e. The van der Waals surface area contributed by atoms with E-state index in [1.807, 2.05) is 0 Å². The molecule has 0 bridgehead atoms. The molecule has 5 amide bonds. The average Bonchev–Trinajstić information content (AvgIpc) is 3.73. The zero-order chi connectivity index (χ0) is 36.2. The number of carbonyl (C=O) groups is 6. The Bertz CT molecular complexity index is 1940. The van der Waals surface area contributed by atoms with Crippen LogP contribution >= 0.6 is 0 Å². The van der Waals surface area contributed by atoms with Crippen molar-refractivity contribution in [3.63, 3.8) is 0 Å². The first kappa shape index (κ1) is 35.5. The van der Waals surface area contributed by atoms with Gasteiger partial charge in [-0.15, -0.1) is 0 Å². The molecule has 0 aliphatic carbocycles. The number of aryl methyl sites for hydroxylation is 4. The Balaban J connectivity index is 1.26. The molecule has 4 aromatic rings. The zero-order valence-corrected chi connectivity index (χ0v) is 27.9. The van der Waals surface area contributed by atoms with Crippen LogP contribution in [0.5, 0.6) is 0 Å². The van der Waals surface area contributed by atoms with Crippen LogP contribution in [-0.4, -0.2) is 81.2 Å². The molecule has 260 valence electrons. The van der Waals surface area contributed by atoms with Gasteiger partial charge in [-0.05, 0) is 32.9 Å². The molecule has 49 heavy (non-hydrogen) atoms. The topological polar surface area (TPSA) is 238 Å². The maximum absolute atomic E-state index is 12.9. The summed E-state index contributed by atoms with van der Waals surface area (Å²) in [6.45, 7) is 5.12. The molecule has 4 heterocycles. The number of carboxylic acid groups (broad SMARTS) is 1.